The monoisotopic (exact) mass is 331 g/mol. The molecule has 1 aliphatic heterocycles. The van der Waals surface area contributed by atoms with Gasteiger partial charge in [-0.1, -0.05) is 6.92 Å². The highest BCUT2D eigenvalue weighted by Gasteiger charge is 2.19. The summed E-state index contributed by atoms with van der Waals surface area (Å²) >= 11 is 3.46. The minimum atomic E-state index is -0.645. The van der Waals surface area contributed by atoms with Crippen LogP contribution >= 0.6 is 15.9 Å². The van der Waals surface area contributed by atoms with E-state index in [0.717, 1.165) is 48.0 Å². The number of pyridine rings is 1. The Hall–Kier alpha value is -0.460. The first-order chi connectivity index (χ1) is 8.70. The van der Waals surface area contributed by atoms with Gasteiger partial charge in [0.25, 0.3) is 0 Å². The van der Waals surface area contributed by atoms with Gasteiger partial charge in [-0.3, -0.25) is 4.21 Å². The number of nitrogens with zero attached hydrogens (tertiary/aromatic N) is 2. The van der Waals surface area contributed by atoms with E-state index in [4.69, 9.17) is 0 Å². The maximum Gasteiger partial charge on any atom is 0.133 e. The van der Waals surface area contributed by atoms with Gasteiger partial charge in [0.2, 0.25) is 0 Å². The molecule has 0 aromatic carbocycles. The van der Waals surface area contributed by atoms with Crippen molar-refractivity contribution in [3.8, 4) is 0 Å². The molecule has 18 heavy (non-hydrogen) atoms. The van der Waals surface area contributed by atoms with Crippen molar-refractivity contribution in [1.29, 1.82) is 0 Å². The van der Waals surface area contributed by atoms with Gasteiger partial charge in [-0.05, 0) is 28.5 Å². The molecule has 2 rings (SSSR count). The highest BCUT2D eigenvalue weighted by Crippen LogP contribution is 2.22. The third-order valence-corrected chi connectivity index (χ3v) is 4.66. The summed E-state index contributed by atoms with van der Waals surface area (Å²) in [5.41, 5.74) is 1.19. The number of hydrogen-bond donors (Lipinski definition) is 1. The van der Waals surface area contributed by atoms with Gasteiger partial charge in [-0.25, -0.2) is 4.98 Å². The normalized spacial score (nSPS) is 17.1. The molecule has 2 heterocycles. The Bertz CT molecular complexity index is 431. The Kier molecular flexibility index (Phi) is 5.14. The van der Waals surface area contributed by atoms with Crippen LogP contribution in [0.3, 0.4) is 0 Å². The molecule has 0 amide bonds. The van der Waals surface area contributed by atoms with E-state index >= 15 is 0 Å². The third-order valence-electron chi connectivity index (χ3n) is 2.95. The zero-order chi connectivity index (χ0) is 13.0. The van der Waals surface area contributed by atoms with Gasteiger partial charge < -0.3 is 10.2 Å². The van der Waals surface area contributed by atoms with Crippen LogP contribution in [0.1, 0.15) is 12.5 Å². The number of anilines is 1. The smallest absolute Gasteiger partial charge is 0.133 e. The van der Waals surface area contributed by atoms with Crippen LogP contribution in [0.4, 0.5) is 5.82 Å². The summed E-state index contributed by atoms with van der Waals surface area (Å²) in [7, 11) is -0.645. The lowest BCUT2D eigenvalue weighted by atomic mass is 10.2. The van der Waals surface area contributed by atoms with Crippen molar-refractivity contribution in [3.63, 3.8) is 0 Å². The minimum absolute atomic E-state index is 0.645. The summed E-state index contributed by atoms with van der Waals surface area (Å²) in [5.74, 6) is 2.52. The predicted octanol–water partition coefficient (Wildman–Crippen LogP) is 1.52. The van der Waals surface area contributed by atoms with Crippen molar-refractivity contribution in [2.75, 3.05) is 36.0 Å². The molecule has 1 aromatic rings. The summed E-state index contributed by atoms with van der Waals surface area (Å²) in [6.45, 7) is 5.52. The van der Waals surface area contributed by atoms with Crippen LogP contribution in [-0.2, 0) is 17.3 Å². The third kappa shape index (κ3) is 3.52. The number of rotatable bonds is 4. The van der Waals surface area contributed by atoms with Crippen LogP contribution in [0.2, 0.25) is 0 Å². The first-order valence-corrected chi connectivity index (χ1v) is 8.44. The lowest BCUT2D eigenvalue weighted by Gasteiger charge is -2.29. The molecule has 0 radical (unpaired) electrons. The molecule has 1 fully saturated rings. The molecule has 0 unspecified atom stereocenters. The lowest BCUT2D eigenvalue weighted by molar-refractivity contribution is 0.670. The number of hydrogen-bond acceptors (Lipinski definition) is 4. The number of aromatic nitrogens is 1. The van der Waals surface area contributed by atoms with E-state index in [1.165, 1.54) is 5.56 Å². The predicted molar refractivity (Wildman–Crippen MR) is 79.4 cm³/mol. The van der Waals surface area contributed by atoms with Crippen molar-refractivity contribution >= 4 is 32.5 Å². The van der Waals surface area contributed by atoms with Crippen LogP contribution < -0.4 is 10.2 Å². The molecule has 0 spiro atoms. The van der Waals surface area contributed by atoms with Crippen LogP contribution in [0, 0.1) is 0 Å². The maximum absolute atomic E-state index is 11.4. The second kappa shape index (κ2) is 6.63. The Morgan fingerprint density at radius 3 is 2.89 bits per heavy atom. The van der Waals surface area contributed by atoms with Crippen molar-refractivity contribution in [2.45, 2.75) is 13.5 Å². The van der Waals surface area contributed by atoms with E-state index in [1.807, 2.05) is 6.20 Å². The molecule has 0 bridgehead atoms. The van der Waals surface area contributed by atoms with Crippen LogP contribution in [0.15, 0.2) is 16.7 Å². The largest absolute Gasteiger partial charge is 0.355 e. The fourth-order valence-corrected chi connectivity index (χ4v) is 3.43. The van der Waals surface area contributed by atoms with Crippen LogP contribution in [-0.4, -0.2) is 40.3 Å². The summed E-state index contributed by atoms with van der Waals surface area (Å²) in [6.07, 6.45) is 1.83. The SMILES string of the molecule is CCNCc1cc(Br)cnc1N1CCS(=O)CC1. The van der Waals surface area contributed by atoms with E-state index in [1.54, 1.807) is 0 Å². The molecule has 6 heteroatoms. The first kappa shape index (κ1) is 14.0. The van der Waals surface area contributed by atoms with Gasteiger partial charge >= 0.3 is 0 Å². The van der Waals surface area contributed by atoms with Crippen molar-refractivity contribution in [2.24, 2.45) is 0 Å². The standard InChI is InChI=1S/C12H18BrN3OS/c1-2-14-8-10-7-11(13)9-15-12(10)16-3-5-18(17)6-4-16/h7,9,14H,2-6,8H2,1H3. The zero-order valence-electron chi connectivity index (χ0n) is 10.5. The fourth-order valence-electron chi connectivity index (χ4n) is 2.00. The van der Waals surface area contributed by atoms with E-state index < -0.39 is 10.8 Å². The molecular formula is C12H18BrN3OS. The van der Waals surface area contributed by atoms with Gasteiger partial charge in [0.05, 0.1) is 0 Å². The van der Waals surface area contributed by atoms with Gasteiger partial charge in [-0.15, -0.1) is 0 Å². The highest BCUT2D eigenvalue weighted by molar-refractivity contribution is 9.10. The summed E-state index contributed by atoms with van der Waals surface area (Å²) < 4.78 is 12.4. The zero-order valence-corrected chi connectivity index (χ0v) is 12.9. The second-order valence-corrected chi connectivity index (χ2v) is 6.86. The first-order valence-electron chi connectivity index (χ1n) is 6.15. The Balaban J connectivity index is 2.17. The maximum atomic E-state index is 11.4. The van der Waals surface area contributed by atoms with Gasteiger partial charge in [0.1, 0.15) is 5.82 Å². The molecule has 1 aromatic heterocycles. The highest BCUT2D eigenvalue weighted by atomic mass is 79.9. The summed E-state index contributed by atoms with van der Waals surface area (Å²) in [5, 5.41) is 3.33. The quantitative estimate of drug-likeness (QED) is 0.908. The van der Waals surface area contributed by atoms with Gasteiger partial charge in [0, 0.05) is 58.2 Å². The Morgan fingerprint density at radius 1 is 1.50 bits per heavy atom. The van der Waals surface area contributed by atoms with Crippen LogP contribution in [0.25, 0.3) is 0 Å². The average Bonchev–Trinajstić information content (AvgIpc) is 2.38. The molecular weight excluding hydrogens is 314 g/mol. The van der Waals surface area contributed by atoms with Gasteiger partial charge in [0.15, 0.2) is 0 Å². The topological polar surface area (TPSA) is 45.2 Å². The lowest BCUT2D eigenvalue weighted by Crippen LogP contribution is -2.39. The molecule has 0 saturated carbocycles. The van der Waals surface area contributed by atoms with E-state index in [2.05, 4.69) is 44.1 Å². The Labute approximate surface area is 119 Å². The number of halogens is 1. The Morgan fingerprint density at radius 2 is 2.22 bits per heavy atom. The van der Waals surface area contributed by atoms with E-state index in [-0.39, 0.29) is 0 Å². The average molecular weight is 332 g/mol. The minimum Gasteiger partial charge on any atom is -0.355 e. The molecule has 1 saturated heterocycles. The molecule has 1 aliphatic rings. The number of nitrogens with one attached hydrogen (secondary N) is 1. The molecule has 0 aliphatic carbocycles. The van der Waals surface area contributed by atoms with E-state index in [9.17, 15) is 4.21 Å². The molecule has 0 atom stereocenters. The van der Waals surface area contributed by atoms with Crippen molar-refractivity contribution in [3.05, 3.63) is 22.3 Å². The fraction of sp³-hybridized carbons (Fsp3) is 0.583. The van der Waals surface area contributed by atoms with Crippen molar-refractivity contribution in [1.82, 2.24) is 10.3 Å². The van der Waals surface area contributed by atoms with Crippen LogP contribution in [0.5, 0.6) is 0 Å². The molecule has 1 N–H and O–H groups in total. The summed E-state index contributed by atoms with van der Waals surface area (Å²) in [6, 6.07) is 2.11. The second-order valence-electron chi connectivity index (χ2n) is 4.25. The summed E-state index contributed by atoms with van der Waals surface area (Å²) in [4.78, 5) is 6.76. The van der Waals surface area contributed by atoms with Crippen molar-refractivity contribution < 1.29 is 4.21 Å². The van der Waals surface area contributed by atoms with E-state index in [0.29, 0.717) is 0 Å². The molecule has 4 nitrogen and oxygen atoms in total. The molecule has 100 valence electrons. The van der Waals surface area contributed by atoms with Gasteiger partial charge in [-0.2, -0.15) is 0 Å².